The summed E-state index contributed by atoms with van der Waals surface area (Å²) in [5.41, 5.74) is 0.188. The lowest BCUT2D eigenvalue weighted by Gasteiger charge is -2.40. The third kappa shape index (κ3) is 4.73. The van der Waals surface area contributed by atoms with Crippen molar-refractivity contribution in [3.63, 3.8) is 0 Å². The van der Waals surface area contributed by atoms with Crippen LogP contribution in [0, 0.1) is 5.92 Å². The number of para-hydroxylation sites is 1. The molecule has 2 aromatic rings. The number of esters is 1. The van der Waals surface area contributed by atoms with E-state index in [4.69, 9.17) is 18.9 Å². The molecule has 3 rings (SSSR count). The van der Waals surface area contributed by atoms with Crippen molar-refractivity contribution in [1.82, 2.24) is 0 Å². The predicted molar refractivity (Wildman–Crippen MR) is 107 cm³/mol. The van der Waals surface area contributed by atoms with E-state index < -0.39 is 36.3 Å². The summed E-state index contributed by atoms with van der Waals surface area (Å²) >= 11 is 0. The van der Waals surface area contributed by atoms with E-state index in [-0.39, 0.29) is 18.6 Å². The molecule has 30 heavy (non-hydrogen) atoms. The summed E-state index contributed by atoms with van der Waals surface area (Å²) in [4.78, 5) is 12.7. The number of rotatable bonds is 7. The first-order chi connectivity index (χ1) is 14.5. The topological polar surface area (TPSA) is 115 Å². The summed E-state index contributed by atoms with van der Waals surface area (Å²) in [5.74, 6) is 0.108. The monoisotopic (exact) mass is 418 g/mol. The minimum atomic E-state index is -1.38. The van der Waals surface area contributed by atoms with Crippen LogP contribution < -0.4 is 9.47 Å². The fourth-order valence-electron chi connectivity index (χ4n) is 3.51. The lowest BCUT2D eigenvalue weighted by atomic mass is 9.81. The van der Waals surface area contributed by atoms with Crippen LogP contribution in [0.4, 0.5) is 0 Å². The van der Waals surface area contributed by atoms with Crippen LogP contribution in [-0.4, -0.2) is 66.5 Å². The summed E-state index contributed by atoms with van der Waals surface area (Å²) < 4.78 is 21.9. The molecule has 0 aliphatic heterocycles. The van der Waals surface area contributed by atoms with Crippen molar-refractivity contribution in [3.05, 3.63) is 54.1 Å². The fourth-order valence-corrected chi connectivity index (χ4v) is 3.51. The zero-order chi connectivity index (χ0) is 21.7. The quantitative estimate of drug-likeness (QED) is 0.583. The maximum Gasteiger partial charge on any atom is 0.338 e. The Kier molecular flexibility index (Phi) is 7.28. The molecule has 2 aromatic carbocycles. The number of methoxy groups -OCH3 is 2. The van der Waals surface area contributed by atoms with Gasteiger partial charge < -0.3 is 34.3 Å². The number of carbonyl (C=O) groups excluding carboxylic acids is 1. The van der Waals surface area contributed by atoms with E-state index in [2.05, 4.69) is 0 Å². The van der Waals surface area contributed by atoms with E-state index in [9.17, 15) is 20.1 Å². The number of benzene rings is 2. The van der Waals surface area contributed by atoms with Gasteiger partial charge in [0, 0.05) is 19.6 Å². The molecule has 1 fully saturated rings. The fraction of sp³-hybridized carbons (Fsp3) is 0.409. The average Bonchev–Trinajstić information content (AvgIpc) is 2.78. The van der Waals surface area contributed by atoms with Gasteiger partial charge in [-0.05, 0) is 36.8 Å². The number of hydrogen-bond donors (Lipinski definition) is 3. The van der Waals surface area contributed by atoms with Crippen LogP contribution in [-0.2, 0) is 9.47 Å². The SMILES string of the molecule is COc1cc(C(=O)O[C@@H]2[C@@H](O)[C@H](O)[C@@H](CO)C[C@@H]2OC)ccc1Oc1ccccc1. The van der Waals surface area contributed by atoms with E-state index >= 15 is 0 Å². The molecular weight excluding hydrogens is 392 g/mol. The van der Waals surface area contributed by atoms with Crippen molar-refractivity contribution < 1.29 is 39.1 Å². The highest BCUT2D eigenvalue weighted by atomic mass is 16.6. The average molecular weight is 418 g/mol. The lowest BCUT2D eigenvalue weighted by molar-refractivity contribution is -0.172. The molecule has 162 valence electrons. The summed E-state index contributed by atoms with van der Waals surface area (Å²) in [5, 5.41) is 29.9. The molecule has 0 bridgehead atoms. The van der Waals surface area contributed by atoms with Gasteiger partial charge in [-0.1, -0.05) is 18.2 Å². The maximum absolute atomic E-state index is 12.7. The van der Waals surface area contributed by atoms with Gasteiger partial charge in [-0.25, -0.2) is 4.79 Å². The van der Waals surface area contributed by atoms with Gasteiger partial charge in [0.05, 0.1) is 24.9 Å². The molecule has 3 N–H and O–H groups in total. The second-order valence-corrected chi connectivity index (χ2v) is 7.08. The Balaban J connectivity index is 1.76. The van der Waals surface area contributed by atoms with Gasteiger partial charge in [0.15, 0.2) is 17.6 Å². The van der Waals surface area contributed by atoms with E-state index in [1.807, 2.05) is 18.2 Å². The van der Waals surface area contributed by atoms with Gasteiger partial charge in [0.25, 0.3) is 0 Å². The molecule has 1 aliphatic carbocycles. The van der Waals surface area contributed by atoms with Crippen molar-refractivity contribution in [2.45, 2.75) is 30.8 Å². The summed E-state index contributed by atoms with van der Waals surface area (Å²) in [6, 6.07) is 13.7. The summed E-state index contributed by atoms with van der Waals surface area (Å²) in [7, 11) is 2.88. The molecule has 8 heteroatoms. The summed E-state index contributed by atoms with van der Waals surface area (Å²) in [6.45, 7) is -0.307. The Morgan fingerprint density at radius 2 is 1.77 bits per heavy atom. The van der Waals surface area contributed by atoms with Gasteiger partial charge in [-0.3, -0.25) is 0 Å². The zero-order valence-corrected chi connectivity index (χ0v) is 16.8. The number of hydrogen-bond acceptors (Lipinski definition) is 8. The first-order valence-electron chi connectivity index (χ1n) is 9.60. The normalized spacial score (nSPS) is 26.1. The second-order valence-electron chi connectivity index (χ2n) is 7.08. The molecule has 0 heterocycles. The standard InChI is InChI=1S/C22H26O8/c1-27-17-10-13(8-9-16(17)29-15-6-4-3-5-7-15)22(26)30-21-18(28-2)11-14(12-23)19(24)20(21)25/h3-10,14,18-21,23-25H,11-12H2,1-2H3/t14-,18+,19-,20+,21+/m1/s1. The van der Waals surface area contributed by atoms with Gasteiger partial charge in [-0.15, -0.1) is 0 Å². The van der Waals surface area contributed by atoms with E-state index in [1.165, 1.54) is 26.4 Å². The Labute approximate surface area is 174 Å². The third-order valence-corrected chi connectivity index (χ3v) is 5.22. The number of ether oxygens (including phenoxy) is 4. The third-order valence-electron chi connectivity index (χ3n) is 5.22. The van der Waals surface area contributed by atoms with Crippen molar-refractivity contribution in [2.75, 3.05) is 20.8 Å². The Bertz CT molecular complexity index is 838. The van der Waals surface area contributed by atoms with Gasteiger partial charge in [0.1, 0.15) is 11.9 Å². The molecule has 1 aliphatic rings. The first-order valence-corrected chi connectivity index (χ1v) is 9.60. The first kappa shape index (κ1) is 22.0. The number of aliphatic hydroxyl groups is 3. The van der Waals surface area contributed by atoms with Crippen LogP contribution in [0.25, 0.3) is 0 Å². The number of aliphatic hydroxyl groups excluding tert-OH is 3. The van der Waals surface area contributed by atoms with E-state index in [1.54, 1.807) is 18.2 Å². The van der Waals surface area contributed by atoms with Crippen LogP contribution in [0.5, 0.6) is 17.2 Å². The predicted octanol–water partition coefficient (Wildman–Crippen LogP) is 1.76. The molecule has 1 saturated carbocycles. The Hall–Kier alpha value is -2.65. The molecule has 8 nitrogen and oxygen atoms in total. The highest BCUT2D eigenvalue weighted by Gasteiger charge is 2.45. The Morgan fingerprint density at radius 1 is 1.03 bits per heavy atom. The molecule has 0 unspecified atom stereocenters. The molecule has 0 radical (unpaired) electrons. The highest BCUT2D eigenvalue weighted by Crippen LogP contribution is 2.34. The largest absolute Gasteiger partial charge is 0.493 e. The minimum Gasteiger partial charge on any atom is -0.493 e. The maximum atomic E-state index is 12.7. The van der Waals surface area contributed by atoms with Gasteiger partial charge in [-0.2, -0.15) is 0 Å². The number of carbonyl (C=O) groups is 1. The highest BCUT2D eigenvalue weighted by molar-refractivity contribution is 5.90. The molecule has 0 spiro atoms. The molecule has 0 amide bonds. The summed E-state index contributed by atoms with van der Waals surface area (Å²) in [6.07, 6.45) is -4.10. The van der Waals surface area contributed by atoms with Crippen LogP contribution in [0.3, 0.4) is 0 Å². The smallest absolute Gasteiger partial charge is 0.338 e. The molecule has 0 aromatic heterocycles. The van der Waals surface area contributed by atoms with Crippen molar-refractivity contribution >= 4 is 5.97 Å². The van der Waals surface area contributed by atoms with Crippen LogP contribution in [0.2, 0.25) is 0 Å². The van der Waals surface area contributed by atoms with Crippen LogP contribution in [0.15, 0.2) is 48.5 Å². The molecule has 5 atom stereocenters. The van der Waals surface area contributed by atoms with Crippen molar-refractivity contribution in [3.8, 4) is 17.2 Å². The lowest BCUT2D eigenvalue weighted by Crippen LogP contribution is -2.56. The van der Waals surface area contributed by atoms with Gasteiger partial charge >= 0.3 is 5.97 Å². The minimum absolute atomic E-state index is 0.188. The zero-order valence-electron chi connectivity index (χ0n) is 16.8. The van der Waals surface area contributed by atoms with Crippen LogP contribution in [0.1, 0.15) is 16.8 Å². The van der Waals surface area contributed by atoms with Crippen molar-refractivity contribution in [2.24, 2.45) is 5.92 Å². The molecule has 0 saturated heterocycles. The van der Waals surface area contributed by atoms with E-state index in [0.29, 0.717) is 17.2 Å². The van der Waals surface area contributed by atoms with Crippen molar-refractivity contribution in [1.29, 1.82) is 0 Å². The molecular formula is C22H26O8. The second kappa shape index (κ2) is 9.90. The Morgan fingerprint density at radius 3 is 2.40 bits per heavy atom. The van der Waals surface area contributed by atoms with Gasteiger partial charge in [0.2, 0.25) is 0 Å². The van der Waals surface area contributed by atoms with E-state index in [0.717, 1.165) is 0 Å². The van der Waals surface area contributed by atoms with Crippen LogP contribution >= 0.6 is 0 Å².